The molecule has 0 amide bonds. The second kappa shape index (κ2) is 5.67. The van der Waals surface area contributed by atoms with Crippen LogP contribution in [0.3, 0.4) is 0 Å². The van der Waals surface area contributed by atoms with Gasteiger partial charge in [-0.15, -0.1) is 0 Å². The van der Waals surface area contributed by atoms with Crippen molar-refractivity contribution < 1.29 is 9.53 Å². The lowest BCUT2D eigenvalue weighted by atomic mass is 9.88. The third-order valence-electron chi connectivity index (χ3n) is 3.08. The number of esters is 1. The fourth-order valence-electron chi connectivity index (χ4n) is 2.20. The Bertz CT molecular complexity index is 421. The van der Waals surface area contributed by atoms with E-state index in [0.717, 1.165) is 0 Å². The summed E-state index contributed by atoms with van der Waals surface area (Å²) < 4.78 is 5.01. The largest absolute Gasteiger partial charge is 0.462 e. The van der Waals surface area contributed by atoms with Gasteiger partial charge in [-0.25, -0.2) is 4.79 Å². The van der Waals surface area contributed by atoms with Crippen molar-refractivity contribution in [3.8, 4) is 0 Å². The van der Waals surface area contributed by atoms with Crippen molar-refractivity contribution in [1.29, 1.82) is 0 Å². The molecule has 0 saturated carbocycles. The number of allylic oxidation sites excluding steroid dienone is 2. The summed E-state index contributed by atoms with van der Waals surface area (Å²) in [7, 11) is 0. The van der Waals surface area contributed by atoms with Gasteiger partial charge < -0.3 is 4.74 Å². The van der Waals surface area contributed by atoms with Gasteiger partial charge in [0.25, 0.3) is 0 Å². The van der Waals surface area contributed by atoms with Crippen LogP contribution in [0.5, 0.6) is 0 Å². The van der Waals surface area contributed by atoms with E-state index in [4.69, 9.17) is 4.74 Å². The fraction of sp³-hybridized carbons (Fsp3) is 0.400. The molecule has 0 bridgehead atoms. The predicted molar refractivity (Wildman–Crippen MR) is 68.1 cm³/mol. The van der Waals surface area contributed by atoms with Gasteiger partial charge in [-0.1, -0.05) is 24.3 Å². The first-order valence-corrected chi connectivity index (χ1v) is 6.25. The molecule has 0 N–H and O–H groups in total. The van der Waals surface area contributed by atoms with E-state index in [-0.39, 0.29) is 5.97 Å². The van der Waals surface area contributed by atoms with Gasteiger partial charge in [-0.05, 0) is 43.9 Å². The quantitative estimate of drug-likeness (QED) is 0.584. The van der Waals surface area contributed by atoms with Gasteiger partial charge in [-0.3, -0.25) is 0 Å². The number of hydrogen-bond acceptors (Lipinski definition) is 2. The van der Waals surface area contributed by atoms with Crippen molar-refractivity contribution in [2.75, 3.05) is 6.61 Å². The van der Waals surface area contributed by atoms with Crippen molar-refractivity contribution in [3.63, 3.8) is 0 Å². The highest BCUT2D eigenvalue weighted by Gasteiger charge is 2.13. The van der Waals surface area contributed by atoms with Crippen molar-refractivity contribution in [2.24, 2.45) is 0 Å². The van der Waals surface area contributed by atoms with Crippen molar-refractivity contribution in [1.82, 2.24) is 0 Å². The Kier molecular flexibility index (Phi) is 3.97. The van der Waals surface area contributed by atoms with Gasteiger partial charge in [-0.2, -0.15) is 0 Å². The zero-order chi connectivity index (χ0) is 12.1. The molecule has 0 fully saturated rings. The fourth-order valence-corrected chi connectivity index (χ4v) is 2.20. The number of benzene rings is 1. The SMILES string of the molecule is CCOC(=O)c1cccc([C@H]2C=CCCC2)c1. The Hall–Kier alpha value is -1.57. The van der Waals surface area contributed by atoms with Crippen molar-refractivity contribution in [2.45, 2.75) is 32.1 Å². The third kappa shape index (κ3) is 2.96. The summed E-state index contributed by atoms with van der Waals surface area (Å²) in [5.74, 6) is 0.229. The van der Waals surface area contributed by atoms with Crippen molar-refractivity contribution in [3.05, 3.63) is 47.5 Å². The molecule has 0 radical (unpaired) electrons. The lowest BCUT2D eigenvalue weighted by Gasteiger charge is -2.17. The van der Waals surface area contributed by atoms with E-state index < -0.39 is 0 Å². The van der Waals surface area contributed by atoms with Gasteiger partial charge in [0.1, 0.15) is 0 Å². The molecular formula is C15H18O2. The molecule has 0 aliphatic heterocycles. The molecule has 1 aromatic rings. The molecule has 2 heteroatoms. The molecule has 0 spiro atoms. The topological polar surface area (TPSA) is 26.3 Å². The number of ether oxygens (including phenoxy) is 1. The van der Waals surface area contributed by atoms with E-state index in [1.165, 1.54) is 24.8 Å². The van der Waals surface area contributed by atoms with E-state index in [1.807, 2.05) is 25.1 Å². The highest BCUT2D eigenvalue weighted by Crippen LogP contribution is 2.28. The van der Waals surface area contributed by atoms with Gasteiger partial charge in [0.2, 0.25) is 0 Å². The first-order valence-electron chi connectivity index (χ1n) is 6.25. The predicted octanol–water partition coefficient (Wildman–Crippen LogP) is 3.69. The lowest BCUT2D eigenvalue weighted by Crippen LogP contribution is -2.06. The van der Waals surface area contributed by atoms with Crippen LogP contribution in [0.1, 0.15) is 48.0 Å². The molecule has 0 heterocycles. The second-order valence-electron chi connectivity index (χ2n) is 4.31. The molecule has 0 aromatic heterocycles. The van der Waals surface area contributed by atoms with Gasteiger partial charge in [0, 0.05) is 5.92 Å². The summed E-state index contributed by atoms with van der Waals surface area (Å²) in [4.78, 5) is 11.6. The highest BCUT2D eigenvalue weighted by molar-refractivity contribution is 5.89. The van der Waals surface area contributed by atoms with E-state index >= 15 is 0 Å². The van der Waals surface area contributed by atoms with Crippen LogP contribution in [0, 0.1) is 0 Å². The number of rotatable bonds is 3. The van der Waals surface area contributed by atoms with Crippen LogP contribution in [-0.4, -0.2) is 12.6 Å². The molecular weight excluding hydrogens is 212 g/mol. The van der Waals surface area contributed by atoms with Crippen LogP contribution < -0.4 is 0 Å². The Morgan fingerprint density at radius 1 is 1.47 bits per heavy atom. The molecule has 2 nitrogen and oxygen atoms in total. The minimum atomic E-state index is -0.228. The molecule has 0 unspecified atom stereocenters. The highest BCUT2D eigenvalue weighted by atomic mass is 16.5. The lowest BCUT2D eigenvalue weighted by molar-refractivity contribution is 0.0526. The van der Waals surface area contributed by atoms with Crippen LogP contribution in [0.2, 0.25) is 0 Å². The van der Waals surface area contributed by atoms with E-state index in [2.05, 4.69) is 18.2 Å². The Balaban J connectivity index is 2.18. The Labute approximate surface area is 102 Å². The van der Waals surface area contributed by atoms with Crippen molar-refractivity contribution >= 4 is 5.97 Å². The summed E-state index contributed by atoms with van der Waals surface area (Å²) in [5.41, 5.74) is 1.87. The summed E-state index contributed by atoms with van der Waals surface area (Å²) in [6, 6.07) is 7.79. The molecule has 2 rings (SSSR count). The standard InChI is InChI=1S/C15H18O2/c1-2-17-15(16)14-10-6-9-13(11-14)12-7-4-3-5-8-12/h4,6-7,9-12H,2-3,5,8H2,1H3/t12-/m0/s1. The zero-order valence-corrected chi connectivity index (χ0v) is 10.2. The van der Waals surface area contributed by atoms with E-state index in [1.54, 1.807) is 0 Å². The molecule has 1 aliphatic rings. The summed E-state index contributed by atoms with van der Waals surface area (Å²) in [5, 5.41) is 0. The average Bonchev–Trinajstić information content (AvgIpc) is 2.40. The molecule has 1 atom stereocenters. The Morgan fingerprint density at radius 2 is 2.35 bits per heavy atom. The van der Waals surface area contributed by atoms with E-state index in [0.29, 0.717) is 18.1 Å². The summed E-state index contributed by atoms with van der Waals surface area (Å²) in [6.07, 6.45) is 8.04. The maximum absolute atomic E-state index is 11.6. The number of hydrogen-bond donors (Lipinski definition) is 0. The van der Waals surface area contributed by atoms with Crippen LogP contribution in [0.4, 0.5) is 0 Å². The van der Waals surface area contributed by atoms with Gasteiger partial charge in [0.15, 0.2) is 0 Å². The third-order valence-corrected chi connectivity index (χ3v) is 3.08. The number of carbonyl (C=O) groups is 1. The average molecular weight is 230 g/mol. The molecule has 90 valence electrons. The first kappa shape index (κ1) is 11.9. The maximum Gasteiger partial charge on any atom is 0.338 e. The zero-order valence-electron chi connectivity index (χ0n) is 10.2. The Morgan fingerprint density at radius 3 is 3.06 bits per heavy atom. The van der Waals surface area contributed by atoms with Crippen LogP contribution in [0.25, 0.3) is 0 Å². The van der Waals surface area contributed by atoms with Crippen LogP contribution >= 0.6 is 0 Å². The van der Waals surface area contributed by atoms with Gasteiger partial charge in [0.05, 0.1) is 12.2 Å². The van der Waals surface area contributed by atoms with E-state index in [9.17, 15) is 4.79 Å². The maximum atomic E-state index is 11.6. The normalized spacial score (nSPS) is 19.0. The summed E-state index contributed by atoms with van der Waals surface area (Å²) in [6.45, 7) is 2.25. The molecule has 1 aromatic carbocycles. The number of carbonyl (C=O) groups excluding carboxylic acids is 1. The van der Waals surface area contributed by atoms with Crippen LogP contribution in [-0.2, 0) is 4.74 Å². The molecule has 0 saturated heterocycles. The van der Waals surface area contributed by atoms with Crippen LogP contribution in [0.15, 0.2) is 36.4 Å². The monoisotopic (exact) mass is 230 g/mol. The first-order chi connectivity index (χ1) is 8.31. The summed E-state index contributed by atoms with van der Waals surface area (Å²) >= 11 is 0. The molecule has 17 heavy (non-hydrogen) atoms. The smallest absolute Gasteiger partial charge is 0.338 e. The molecule has 1 aliphatic carbocycles. The minimum absolute atomic E-state index is 0.228. The minimum Gasteiger partial charge on any atom is -0.462 e. The second-order valence-corrected chi connectivity index (χ2v) is 4.31. The van der Waals surface area contributed by atoms with Gasteiger partial charge >= 0.3 is 5.97 Å².